The first-order valence-corrected chi connectivity index (χ1v) is 6.63. The number of nitrogens with one attached hydrogen (secondary N) is 1. The molecule has 0 unspecified atom stereocenters. The maximum absolute atomic E-state index is 6.24. The van der Waals surface area contributed by atoms with Crippen LogP contribution in [0, 0.1) is 6.92 Å². The van der Waals surface area contributed by atoms with Gasteiger partial charge in [-0.25, -0.2) is 0 Å². The van der Waals surface area contributed by atoms with Crippen LogP contribution in [0.15, 0.2) is 30.5 Å². The van der Waals surface area contributed by atoms with Gasteiger partial charge in [-0.2, -0.15) is 0 Å². The van der Waals surface area contributed by atoms with E-state index in [1.165, 1.54) is 0 Å². The second-order valence-electron chi connectivity index (χ2n) is 3.97. The van der Waals surface area contributed by atoms with Crippen LogP contribution in [0.2, 0.25) is 10.0 Å². The molecule has 2 aromatic rings. The van der Waals surface area contributed by atoms with Crippen LogP contribution in [-0.4, -0.2) is 9.97 Å². The number of rotatable bonds is 3. The number of hydrogen-bond acceptors (Lipinski definition) is 3. The van der Waals surface area contributed by atoms with E-state index in [-0.39, 0.29) is 4.99 Å². The van der Waals surface area contributed by atoms with Crippen molar-refractivity contribution in [1.29, 1.82) is 0 Å². The summed E-state index contributed by atoms with van der Waals surface area (Å²) in [5, 5.41) is 4.29. The molecule has 2 rings (SSSR count). The van der Waals surface area contributed by atoms with Gasteiger partial charge in [0, 0.05) is 11.9 Å². The van der Waals surface area contributed by atoms with Crippen molar-refractivity contribution in [2.45, 2.75) is 6.92 Å². The Morgan fingerprint density at radius 2 is 2.05 bits per heavy atom. The normalized spacial score (nSPS) is 10.3. The largest absolute Gasteiger partial charge is 0.388 e. The molecule has 0 bridgehead atoms. The first-order chi connectivity index (χ1) is 8.99. The lowest BCUT2D eigenvalue weighted by molar-refractivity contribution is 1.29. The summed E-state index contributed by atoms with van der Waals surface area (Å²) in [6.45, 7) is 1.91. The predicted octanol–water partition coefficient (Wildman–Crippen LogP) is 4.07. The van der Waals surface area contributed by atoms with Crippen LogP contribution in [0.5, 0.6) is 0 Å². The molecule has 1 aromatic carbocycles. The molecule has 3 nitrogen and oxygen atoms in total. The molecule has 98 valence electrons. The van der Waals surface area contributed by atoms with E-state index in [0.29, 0.717) is 21.4 Å². The van der Waals surface area contributed by atoms with E-state index in [4.69, 9.17) is 41.2 Å². The van der Waals surface area contributed by atoms with E-state index in [2.05, 4.69) is 10.3 Å². The smallest absolute Gasteiger partial charge is 0.122 e. The SMILES string of the molecule is Cc1ccc(Cl)c(Nc2ccnc(C(N)=S)c2)c1Cl. The summed E-state index contributed by atoms with van der Waals surface area (Å²) >= 11 is 17.3. The molecule has 1 aromatic heterocycles. The van der Waals surface area contributed by atoms with Crippen LogP contribution in [0.1, 0.15) is 11.3 Å². The number of hydrogen-bond donors (Lipinski definition) is 2. The third kappa shape index (κ3) is 3.15. The minimum absolute atomic E-state index is 0.241. The minimum atomic E-state index is 0.241. The van der Waals surface area contributed by atoms with Crippen molar-refractivity contribution in [2.75, 3.05) is 5.32 Å². The molecule has 19 heavy (non-hydrogen) atoms. The van der Waals surface area contributed by atoms with E-state index < -0.39 is 0 Å². The summed E-state index contributed by atoms with van der Waals surface area (Å²) < 4.78 is 0. The van der Waals surface area contributed by atoms with Crippen LogP contribution < -0.4 is 11.1 Å². The van der Waals surface area contributed by atoms with Crippen molar-refractivity contribution in [3.05, 3.63) is 51.8 Å². The highest BCUT2D eigenvalue weighted by atomic mass is 35.5. The van der Waals surface area contributed by atoms with Gasteiger partial charge in [-0.05, 0) is 30.7 Å². The molecule has 0 radical (unpaired) electrons. The van der Waals surface area contributed by atoms with Crippen LogP contribution in [-0.2, 0) is 0 Å². The average molecular weight is 312 g/mol. The Kier molecular flexibility index (Phi) is 4.24. The molecule has 6 heteroatoms. The maximum Gasteiger partial charge on any atom is 0.122 e. The van der Waals surface area contributed by atoms with E-state index in [1.54, 1.807) is 24.4 Å². The zero-order valence-electron chi connectivity index (χ0n) is 10.1. The maximum atomic E-state index is 6.24. The number of thiocarbonyl (C=S) groups is 1. The van der Waals surface area contributed by atoms with Gasteiger partial charge in [0.25, 0.3) is 0 Å². The van der Waals surface area contributed by atoms with Crippen molar-refractivity contribution in [1.82, 2.24) is 4.98 Å². The molecule has 0 spiro atoms. The van der Waals surface area contributed by atoms with Crippen LogP contribution >= 0.6 is 35.4 Å². The average Bonchev–Trinajstić information content (AvgIpc) is 2.39. The Labute approximate surface area is 126 Å². The van der Waals surface area contributed by atoms with E-state index >= 15 is 0 Å². The topological polar surface area (TPSA) is 50.9 Å². The van der Waals surface area contributed by atoms with Gasteiger partial charge in [0.15, 0.2) is 0 Å². The molecule has 0 fully saturated rings. The van der Waals surface area contributed by atoms with Gasteiger partial charge in [-0.15, -0.1) is 0 Å². The molecule has 0 aliphatic carbocycles. The fourth-order valence-corrected chi connectivity index (χ4v) is 2.14. The van der Waals surface area contributed by atoms with Crippen LogP contribution in [0.4, 0.5) is 11.4 Å². The Morgan fingerprint density at radius 1 is 1.32 bits per heavy atom. The van der Waals surface area contributed by atoms with Gasteiger partial charge in [-0.1, -0.05) is 41.5 Å². The van der Waals surface area contributed by atoms with Crippen molar-refractivity contribution < 1.29 is 0 Å². The van der Waals surface area contributed by atoms with E-state index in [9.17, 15) is 0 Å². The Morgan fingerprint density at radius 3 is 2.74 bits per heavy atom. The number of anilines is 2. The minimum Gasteiger partial charge on any atom is -0.388 e. The highest BCUT2D eigenvalue weighted by Crippen LogP contribution is 2.35. The molecule has 0 aliphatic heterocycles. The molecule has 0 saturated heterocycles. The summed E-state index contributed by atoms with van der Waals surface area (Å²) in [5.74, 6) is 0. The quantitative estimate of drug-likeness (QED) is 0.839. The molecule has 1 heterocycles. The number of aromatic nitrogens is 1. The van der Waals surface area contributed by atoms with Crippen molar-refractivity contribution in [2.24, 2.45) is 5.73 Å². The van der Waals surface area contributed by atoms with Gasteiger partial charge in [-0.3, -0.25) is 4.98 Å². The molecule has 0 saturated carbocycles. The van der Waals surface area contributed by atoms with Gasteiger partial charge in [0.2, 0.25) is 0 Å². The van der Waals surface area contributed by atoms with Crippen LogP contribution in [0.25, 0.3) is 0 Å². The molecule has 3 N–H and O–H groups in total. The predicted molar refractivity (Wildman–Crippen MR) is 84.6 cm³/mol. The van der Waals surface area contributed by atoms with Gasteiger partial charge in [0.05, 0.1) is 21.4 Å². The zero-order valence-corrected chi connectivity index (χ0v) is 12.4. The lowest BCUT2D eigenvalue weighted by Gasteiger charge is -2.12. The van der Waals surface area contributed by atoms with Crippen LogP contribution in [0.3, 0.4) is 0 Å². The summed E-state index contributed by atoms with van der Waals surface area (Å²) in [4.78, 5) is 4.31. The lowest BCUT2D eigenvalue weighted by Crippen LogP contribution is -2.11. The lowest BCUT2D eigenvalue weighted by atomic mass is 10.2. The monoisotopic (exact) mass is 311 g/mol. The third-order valence-electron chi connectivity index (χ3n) is 2.57. The summed E-state index contributed by atoms with van der Waals surface area (Å²) in [5.41, 5.74) is 8.46. The van der Waals surface area contributed by atoms with E-state index in [0.717, 1.165) is 11.3 Å². The summed E-state index contributed by atoms with van der Waals surface area (Å²) in [6.07, 6.45) is 1.62. The highest BCUT2D eigenvalue weighted by molar-refractivity contribution is 7.80. The van der Waals surface area contributed by atoms with Gasteiger partial charge < -0.3 is 11.1 Å². The number of pyridine rings is 1. The molecular formula is C13H11Cl2N3S. The molecular weight excluding hydrogens is 301 g/mol. The first kappa shape index (κ1) is 14.1. The Balaban J connectivity index is 2.39. The number of nitrogens with two attached hydrogens (primary N) is 1. The van der Waals surface area contributed by atoms with E-state index in [1.807, 2.05) is 13.0 Å². The summed E-state index contributed by atoms with van der Waals surface area (Å²) in [6, 6.07) is 7.19. The van der Waals surface area contributed by atoms with Gasteiger partial charge in [0.1, 0.15) is 4.99 Å². The Hall–Kier alpha value is -1.36. The number of halogens is 2. The van der Waals surface area contributed by atoms with Gasteiger partial charge >= 0.3 is 0 Å². The first-order valence-electron chi connectivity index (χ1n) is 5.46. The zero-order chi connectivity index (χ0) is 14.0. The molecule has 0 amide bonds. The van der Waals surface area contributed by atoms with Crippen molar-refractivity contribution in [3.63, 3.8) is 0 Å². The number of benzene rings is 1. The molecule has 0 aliphatic rings. The fraction of sp³-hybridized carbons (Fsp3) is 0.0769. The number of aryl methyl sites for hydroxylation is 1. The summed E-state index contributed by atoms with van der Waals surface area (Å²) in [7, 11) is 0. The highest BCUT2D eigenvalue weighted by Gasteiger charge is 2.09. The van der Waals surface area contributed by atoms with Crippen molar-refractivity contribution >= 4 is 51.8 Å². The Bertz CT molecular complexity index is 644. The molecule has 0 atom stereocenters. The second kappa shape index (κ2) is 5.74. The standard InChI is InChI=1S/C13H11Cl2N3S/c1-7-2-3-9(14)12(11(7)15)18-8-4-5-17-10(6-8)13(16)19/h2-6H,1H3,(H2,16,19)(H,17,18). The number of nitrogens with zero attached hydrogens (tertiary/aromatic N) is 1. The van der Waals surface area contributed by atoms with Crippen molar-refractivity contribution in [3.8, 4) is 0 Å². The second-order valence-corrected chi connectivity index (χ2v) is 5.20. The third-order valence-corrected chi connectivity index (χ3v) is 3.58. The fourth-order valence-electron chi connectivity index (χ4n) is 1.56.